The Morgan fingerprint density at radius 1 is 1.06 bits per heavy atom. The number of thiophene rings is 1. The zero-order valence-electron chi connectivity index (χ0n) is 17.6. The van der Waals surface area contributed by atoms with Crippen molar-refractivity contribution < 1.29 is 8.42 Å². The molecule has 33 heavy (non-hydrogen) atoms. The van der Waals surface area contributed by atoms with Crippen molar-refractivity contribution in [2.45, 2.75) is 18.7 Å². The average molecular weight is 587 g/mol. The number of hydrogen-bond donors (Lipinski definition) is 2. The van der Waals surface area contributed by atoms with E-state index >= 15 is 0 Å². The van der Waals surface area contributed by atoms with Crippen molar-refractivity contribution in [3.63, 3.8) is 0 Å². The lowest BCUT2D eigenvalue weighted by molar-refractivity contribution is 0.601. The molecule has 0 radical (unpaired) electrons. The van der Waals surface area contributed by atoms with E-state index in [1.165, 1.54) is 11.3 Å². The second-order valence-electron chi connectivity index (χ2n) is 7.60. The fourth-order valence-electron chi connectivity index (χ4n) is 3.69. The Labute approximate surface area is 208 Å². The molecule has 166 valence electrons. The van der Waals surface area contributed by atoms with Crippen molar-refractivity contribution in [2.24, 2.45) is 0 Å². The molecule has 0 fully saturated rings. The second-order valence-corrected chi connectivity index (χ2v) is 11.5. The van der Waals surface area contributed by atoms with Crippen molar-refractivity contribution in [1.29, 1.82) is 0 Å². The normalized spacial score (nSPS) is 11.7. The van der Waals surface area contributed by atoms with Gasteiger partial charge in [0.15, 0.2) is 0 Å². The Balaban J connectivity index is 1.78. The summed E-state index contributed by atoms with van der Waals surface area (Å²) >= 11 is 3.60. The largest absolute Gasteiger partial charge is 0.285 e. The van der Waals surface area contributed by atoms with E-state index in [0.29, 0.717) is 5.69 Å². The van der Waals surface area contributed by atoms with Crippen LogP contribution in [0, 0.1) is 17.4 Å². The molecule has 0 spiro atoms. The summed E-state index contributed by atoms with van der Waals surface area (Å²) in [5.74, 6) is 0. The molecular weight excluding hydrogens is 569 g/mol. The summed E-state index contributed by atoms with van der Waals surface area (Å²) in [5.41, 5.74) is 4.87. The number of sulfonamides is 1. The molecule has 2 N–H and O–H groups in total. The van der Waals surface area contributed by atoms with Crippen LogP contribution in [0.15, 0.2) is 66.1 Å². The number of nitrogens with one attached hydrogen (secondary N) is 2. The second kappa shape index (κ2) is 8.50. The van der Waals surface area contributed by atoms with Gasteiger partial charge in [0, 0.05) is 54.8 Å². The van der Waals surface area contributed by atoms with Crippen LogP contribution in [0.2, 0.25) is 0 Å². The Bertz CT molecular complexity index is 1590. The lowest BCUT2D eigenvalue weighted by Crippen LogP contribution is -2.13. The maximum absolute atomic E-state index is 13.3. The summed E-state index contributed by atoms with van der Waals surface area (Å²) in [6.07, 6.45) is 7.15. The molecule has 0 aliphatic heterocycles. The molecule has 10 heteroatoms. The zero-order valence-corrected chi connectivity index (χ0v) is 21.4. The molecule has 0 bridgehead atoms. The summed E-state index contributed by atoms with van der Waals surface area (Å²) in [6.45, 7) is 3.83. The highest BCUT2D eigenvalue weighted by Gasteiger charge is 2.24. The number of aryl methyl sites for hydroxylation is 2. The highest BCUT2D eigenvalue weighted by atomic mass is 127. The summed E-state index contributed by atoms with van der Waals surface area (Å²) in [4.78, 5) is 11.0. The fourth-order valence-corrected chi connectivity index (χ4v) is 6.80. The molecule has 4 heterocycles. The monoisotopic (exact) mass is 587 g/mol. The highest BCUT2D eigenvalue weighted by molar-refractivity contribution is 14.1. The smallest absolute Gasteiger partial charge is 0.261 e. The van der Waals surface area contributed by atoms with Crippen LogP contribution < -0.4 is 4.72 Å². The molecule has 5 rings (SSSR count). The van der Waals surface area contributed by atoms with Crippen LogP contribution in [-0.4, -0.2) is 28.6 Å². The third-order valence-corrected chi connectivity index (χ3v) is 8.23. The highest BCUT2D eigenvalue weighted by Crippen LogP contribution is 2.47. The van der Waals surface area contributed by atoms with E-state index in [1.807, 2.05) is 32.2 Å². The Morgan fingerprint density at radius 3 is 2.64 bits per heavy atom. The van der Waals surface area contributed by atoms with E-state index in [-0.39, 0.29) is 4.90 Å². The Kier molecular flexibility index (Phi) is 5.67. The molecule has 1 aromatic carbocycles. The minimum Gasteiger partial charge on any atom is -0.285 e. The average Bonchev–Trinajstić information content (AvgIpc) is 3.41. The van der Waals surface area contributed by atoms with E-state index in [1.54, 1.807) is 42.9 Å². The molecule has 0 atom stereocenters. The summed E-state index contributed by atoms with van der Waals surface area (Å²) in [7, 11) is -3.81. The third kappa shape index (κ3) is 4.25. The predicted octanol–water partition coefficient (Wildman–Crippen LogP) is 5.77. The van der Waals surface area contributed by atoms with Gasteiger partial charge in [-0.1, -0.05) is 6.07 Å². The van der Waals surface area contributed by atoms with Crippen LogP contribution in [0.5, 0.6) is 0 Å². The lowest BCUT2D eigenvalue weighted by atomic mass is 10.0. The molecule has 5 aromatic rings. The number of halogens is 1. The van der Waals surface area contributed by atoms with E-state index < -0.39 is 10.0 Å². The number of aromatic amines is 1. The molecule has 0 saturated heterocycles. The number of H-pyrrole nitrogens is 1. The Morgan fingerprint density at radius 2 is 1.91 bits per heavy atom. The summed E-state index contributed by atoms with van der Waals surface area (Å²) in [6, 6.07) is 10.6. The van der Waals surface area contributed by atoms with Gasteiger partial charge in [0.2, 0.25) is 0 Å². The molecule has 0 saturated carbocycles. The predicted molar refractivity (Wildman–Crippen MR) is 140 cm³/mol. The minimum absolute atomic E-state index is 0.209. The molecule has 0 aliphatic carbocycles. The van der Waals surface area contributed by atoms with Crippen molar-refractivity contribution in [2.75, 3.05) is 4.72 Å². The first-order chi connectivity index (χ1) is 15.8. The van der Waals surface area contributed by atoms with Gasteiger partial charge < -0.3 is 0 Å². The fraction of sp³-hybridized carbons (Fsp3) is 0.0870. The third-order valence-electron chi connectivity index (χ3n) is 5.06. The van der Waals surface area contributed by atoms with Crippen molar-refractivity contribution in [1.82, 2.24) is 20.2 Å². The molecule has 7 nitrogen and oxygen atoms in total. The lowest BCUT2D eigenvalue weighted by Gasteiger charge is -2.12. The first-order valence-corrected chi connectivity index (χ1v) is 13.3. The van der Waals surface area contributed by atoms with Gasteiger partial charge in [0.25, 0.3) is 10.0 Å². The first-order valence-electron chi connectivity index (χ1n) is 9.95. The standard InChI is InChI=1S/C23H18IN5O2S2/c1-13-6-15(10-25-9-13)20-21-19(29-33(30,31)18-5-3-4-17(24)8-18)7-14(2)28-23(21)32-22(20)16-11-26-27-12-16/h3-12H,1-2H3,(H,26,27)(H,28,29). The molecule has 0 aliphatic rings. The quantitative estimate of drug-likeness (QED) is 0.255. The first kappa shape index (κ1) is 22.0. The van der Waals surface area contributed by atoms with Gasteiger partial charge in [-0.05, 0) is 72.3 Å². The molecular formula is C23H18IN5O2S2. The molecule has 0 unspecified atom stereocenters. The van der Waals surface area contributed by atoms with Gasteiger partial charge in [-0.15, -0.1) is 11.3 Å². The number of aromatic nitrogens is 4. The number of benzene rings is 1. The van der Waals surface area contributed by atoms with Crippen LogP contribution in [0.4, 0.5) is 5.69 Å². The van der Waals surface area contributed by atoms with Gasteiger partial charge in [-0.25, -0.2) is 13.4 Å². The SMILES string of the molecule is Cc1cncc(-c2c(-c3cn[nH]c3)sc3nc(C)cc(NS(=O)(=O)c4cccc(I)c4)c23)c1. The van der Waals surface area contributed by atoms with Gasteiger partial charge in [0.1, 0.15) is 4.83 Å². The van der Waals surface area contributed by atoms with Gasteiger partial charge >= 0.3 is 0 Å². The van der Waals surface area contributed by atoms with Crippen LogP contribution >= 0.6 is 33.9 Å². The summed E-state index contributed by atoms with van der Waals surface area (Å²) in [5, 5.41) is 7.70. The van der Waals surface area contributed by atoms with Crippen LogP contribution in [0.3, 0.4) is 0 Å². The number of nitrogens with zero attached hydrogens (tertiary/aromatic N) is 3. The van der Waals surface area contributed by atoms with Crippen LogP contribution in [0.25, 0.3) is 31.8 Å². The maximum Gasteiger partial charge on any atom is 0.261 e. The minimum atomic E-state index is -3.81. The van der Waals surface area contributed by atoms with Gasteiger partial charge in [0.05, 0.1) is 16.8 Å². The molecule has 0 amide bonds. The number of fused-ring (bicyclic) bond motifs is 1. The maximum atomic E-state index is 13.3. The van der Waals surface area contributed by atoms with Gasteiger partial charge in [-0.3, -0.25) is 14.8 Å². The van der Waals surface area contributed by atoms with E-state index in [9.17, 15) is 8.42 Å². The zero-order chi connectivity index (χ0) is 23.2. The van der Waals surface area contributed by atoms with Gasteiger partial charge in [-0.2, -0.15) is 5.10 Å². The van der Waals surface area contributed by atoms with Crippen LogP contribution in [0.1, 0.15) is 11.3 Å². The van der Waals surface area contributed by atoms with E-state index in [2.05, 4.69) is 42.5 Å². The number of rotatable bonds is 5. The summed E-state index contributed by atoms with van der Waals surface area (Å²) < 4.78 is 30.2. The molecule has 4 aromatic heterocycles. The van der Waals surface area contributed by atoms with Crippen LogP contribution in [-0.2, 0) is 10.0 Å². The number of anilines is 1. The number of pyridine rings is 2. The van der Waals surface area contributed by atoms with E-state index in [4.69, 9.17) is 4.98 Å². The topological polar surface area (TPSA) is 101 Å². The van der Waals surface area contributed by atoms with E-state index in [0.717, 1.165) is 46.6 Å². The number of hydrogen-bond acceptors (Lipinski definition) is 6. The Hall–Kier alpha value is -2.83. The van der Waals surface area contributed by atoms with Crippen molar-refractivity contribution >= 4 is 59.9 Å². The van der Waals surface area contributed by atoms with Crippen molar-refractivity contribution in [3.05, 3.63) is 76.0 Å². The van der Waals surface area contributed by atoms with Crippen molar-refractivity contribution in [3.8, 4) is 21.6 Å².